The lowest BCUT2D eigenvalue weighted by Gasteiger charge is -2.06. The van der Waals surface area contributed by atoms with Crippen LogP contribution in [0, 0.1) is 17.0 Å². The third-order valence-corrected chi connectivity index (χ3v) is 2.87. The van der Waals surface area contributed by atoms with E-state index in [1.165, 1.54) is 25.4 Å². The van der Waals surface area contributed by atoms with Gasteiger partial charge in [-0.2, -0.15) is 0 Å². The van der Waals surface area contributed by atoms with Gasteiger partial charge in [0, 0.05) is 23.3 Å². The third-order valence-electron chi connectivity index (χ3n) is 2.87. The summed E-state index contributed by atoms with van der Waals surface area (Å²) in [4.78, 5) is 26.4. The number of benzene rings is 1. The number of nitro benzene ring substituents is 1. The molecule has 0 saturated carbocycles. The Morgan fingerprint density at radius 1 is 1.33 bits per heavy atom. The van der Waals surface area contributed by atoms with Crippen molar-refractivity contribution in [2.75, 3.05) is 12.4 Å². The number of nitrogens with zero attached hydrogens (tertiary/aromatic N) is 2. The highest BCUT2D eigenvalue weighted by Crippen LogP contribution is 2.20. The number of rotatable bonds is 4. The van der Waals surface area contributed by atoms with E-state index in [0.717, 1.165) is 0 Å². The van der Waals surface area contributed by atoms with Crippen LogP contribution in [0.5, 0.6) is 5.88 Å². The molecule has 108 valence electrons. The van der Waals surface area contributed by atoms with Gasteiger partial charge >= 0.3 is 0 Å². The average Bonchev–Trinajstić information content (AvgIpc) is 2.48. The number of hydrogen-bond donors (Lipinski definition) is 1. The number of ether oxygens (including phenoxy) is 1. The van der Waals surface area contributed by atoms with Gasteiger partial charge in [0.2, 0.25) is 5.88 Å². The van der Waals surface area contributed by atoms with Gasteiger partial charge in [-0.15, -0.1) is 0 Å². The zero-order valence-electron chi connectivity index (χ0n) is 11.5. The predicted molar refractivity (Wildman–Crippen MR) is 76.6 cm³/mol. The summed E-state index contributed by atoms with van der Waals surface area (Å²) in [5, 5.41) is 13.5. The second kappa shape index (κ2) is 6.00. The number of methoxy groups -OCH3 is 1. The summed E-state index contributed by atoms with van der Waals surface area (Å²) in [5.41, 5.74) is 1.10. The Morgan fingerprint density at radius 3 is 2.67 bits per heavy atom. The molecule has 1 N–H and O–H groups in total. The Morgan fingerprint density at radius 2 is 2.10 bits per heavy atom. The number of pyridine rings is 1. The maximum atomic E-state index is 12.1. The van der Waals surface area contributed by atoms with Crippen LogP contribution in [0.3, 0.4) is 0 Å². The molecule has 1 aromatic heterocycles. The third kappa shape index (κ3) is 3.33. The molecule has 21 heavy (non-hydrogen) atoms. The van der Waals surface area contributed by atoms with Gasteiger partial charge in [-0.05, 0) is 19.1 Å². The fourth-order valence-electron chi connectivity index (χ4n) is 1.73. The number of amides is 1. The topological polar surface area (TPSA) is 94.4 Å². The van der Waals surface area contributed by atoms with Crippen molar-refractivity contribution in [3.63, 3.8) is 0 Å². The molecular formula is C14H13N3O4. The molecule has 7 heteroatoms. The molecule has 2 aromatic rings. The van der Waals surface area contributed by atoms with Crippen molar-refractivity contribution in [2.24, 2.45) is 0 Å². The molecular weight excluding hydrogens is 274 g/mol. The molecule has 0 aliphatic heterocycles. The number of nitrogens with one attached hydrogen (secondary N) is 1. The first-order valence-corrected chi connectivity index (χ1v) is 6.07. The second-order valence-electron chi connectivity index (χ2n) is 4.30. The van der Waals surface area contributed by atoms with E-state index >= 15 is 0 Å². The molecule has 0 aliphatic carbocycles. The van der Waals surface area contributed by atoms with Crippen LogP contribution < -0.4 is 10.1 Å². The molecule has 1 heterocycles. The molecule has 7 nitrogen and oxygen atoms in total. The largest absolute Gasteiger partial charge is 0.481 e. The van der Waals surface area contributed by atoms with Gasteiger partial charge in [0.1, 0.15) is 0 Å². The maximum Gasteiger partial charge on any atom is 0.273 e. The number of anilines is 1. The van der Waals surface area contributed by atoms with Crippen LogP contribution in [0.15, 0.2) is 36.5 Å². The van der Waals surface area contributed by atoms with Crippen LogP contribution in [-0.4, -0.2) is 22.9 Å². The van der Waals surface area contributed by atoms with Gasteiger partial charge in [-0.25, -0.2) is 4.98 Å². The first-order valence-electron chi connectivity index (χ1n) is 6.07. The van der Waals surface area contributed by atoms with E-state index in [2.05, 4.69) is 10.3 Å². The Labute approximate surface area is 120 Å². The fraction of sp³-hybridized carbons (Fsp3) is 0.143. The lowest BCUT2D eigenvalue weighted by Crippen LogP contribution is -2.12. The highest BCUT2D eigenvalue weighted by atomic mass is 16.6. The predicted octanol–water partition coefficient (Wildman–Crippen LogP) is 2.56. The molecule has 2 rings (SSSR count). The van der Waals surface area contributed by atoms with Crippen LogP contribution in [0.25, 0.3) is 0 Å². The standard InChI is InChI=1S/C14H13N3O4/c1-9-3-4-10(7-12(9)17(19)20)14(18)16-11-5-6-13(21-2)15-8-11/h3-8H,1-2H3,(H,16,18). The van der Waals surface area contributed by atoms with E-state index in [0.29, 0.717) is 17.1 Å². The minimum Gasteiger partial charge on any atom is -0.481 e. The molecule has 1 amide bonds. The van der Waals surface area contributed by atoms with Crippen molar-refractivity contribution in [2.45, 2.75) is 6.92 Å². The van der Waals surface area contributed by atoms with Crippen LogP contribution >= 0.6 is 0 Å². The zero-order chi connectivity index (χ0) is 15.4. The highest BCUT2D eigenvalue weighted by Gasteiger charge is 2.15. The Kier molecular flexibility index (Phi) is 4.13. The summed E-state index contributed by atoms with van der Waals surface area (Å²) < 4.78 is 4.92. The van der Waals surface area contributed by atoms with E-state index in [1.807, 2.05) is 0 Å². The van der Waals surface area contributed by atoms with Crippen molar-refractivity contribution in [3.8, 4) is 5.88 Å². The summed E-state index contributed by atoms with van der Waals surface area (Å²) in [6, 6.07) is 7.56. The molecule has 0 aliphatic rings. The van der Waals surface area contributed by atoms with Crippen molar-refractivity contribution in [3.05, 3.63) is 57.8 Å². The molecule has 1 aromatic carbocycles. The normalized spacial score (nSPS) is 10.0. The Hall–Kier alpha value is -2.96. The monoisotopic (exact) mass is 287 g/mol. The number of nitro groups is 1. The minimum atomic E-state index is -0.513. The summed E-state index contributed by atoms with van der Waals surface area (Å²) in [6.45, 7) is 1.62. The highest BCUT2D eigenvalue weighted by molar-refractivity contribution is 6.04. The van der Waals surface area contributed by atoms with Crippen molar-refractivity contribution >= 4 is 17.3 Å². The molecule has 0 unspecified atom stereocenters. The Balaban J connectivity index is 2.19. The van der Waals surface area contributed by atoms with Gasteiger partial charge in [-0.3, -0.25) is 14.9 Å². The van der Waals surface area contributed by atoms with Gasteiger partial charge in [-0.1, -0.05) is 6.07 Å². The summed E-state index contributed by atoms with van der Waals surface area (Å²) in [6.07, 6.45) is 1.44. The Bertz CT molecular complexity index is 683. The first-order chi connectivity index (χ1) is 10.0. The van der Waals surface area contributed by atoms with Crippen molar-refractivity contribution in [1.29, 1.82) is 0 Å². The lowest BCUT2D eigenvalue weighted by atomic mass is 10.1. The van der Waals surface area contributed by atoms with E-state index in [1.54, 1.807) is 25.1 Å². The summed E-state index contributed by atoms with van der Waals surface area (Å²) in [7, 11) is 1.49. The second-order valence-corrected chi connectivity index (χ2v) is 4.30. The summed E-state index contributed by atoms with van der Waals surface area (Å²) >= 11 is 0. The van der Waals surface area contributed by atoms with Crippen molar-refractivity contribution < 1.29 is 14.5 Å². The molecule has 0 spiro atoms. The number of aryl methyl sites for hydroxylation is 1. The maximum absolute atomic E-state index is 12.1. The van der Waals surface area contributed by atoms with Crippen LogP contribution in [0.4, 0.5) is 11.4 Å². The van der Waals surface area contributed by atoms with Gasteiger partial charge in [0.05, 0.1) is 23.9 Å². The van der Waals surface area contributed by atoms with Gasteiger partial charge in [0.15, 0.2) is 0 Å². The minimum absolute atomic E-state index is 0.0875. The van der Waals surface area contributed by atoms with E-state index in [9.17, 15) is 14.9 Å². The molecule has 0 radical (unpaired) electrons. The van der Waals surface area contributed by atoms with E-state index in [4.69, 9.17) is 4.74 Å². The fourth-order valence-corrected chi connectivity index (χ4v) is 1.73. The quantitative estimate of drug-likeness (QED) is 0.688. The van der Waals surface area contributed by atoms with Gasteiger partial charge < -0.3 is 10.1 Å². The number of carbonyl (C=O) groups excluding carboxylic acids is 1. The molecule has 0 saturated heterocycles. The van der Waals surface area contributed by atoms with E-state index < -0.39 is 10.8 Å². The molecule has 0 atom stereocenters. The zero-order valence-corrected chi connectivity index (χ0v) is 11.5. The molecule has 0 bridgehead atoms. The van der Waals surface area contributed by atoms with Crippen LogP contribution in [-0.2, 0) is 0 Å². The van der Waals surface area contributed by atoms with Crippen LogP contribution in [0.1, 0.15) is 15.9 Å². The van der Waals surface area contributed by atoms with Gasteiger partial charge in [0.25, 0.3) is 11.6 Å². The SMILES string of the molecule is COc1ccc(NC(=O)c2ccc(C)c([N+](=O)[O-])c2)cn1. The first kappa shape index (κ1) is 14.4. The number of aromatic nitrogens is 1. The summed E-state index contributed by atoms with van der Waals surface area (Å²) in [5.74, 6) is -0.0101. The number of hydrogen-bond acceptors (Lipinski definition) is 5. The van der Waals surface area contributed by atoms with Crippen molar-refractivity contribution in [1.82, 2.24) is 4.98 Å². The lowest BCUT2D eigenvalue weighted by molar-refractivity contribution is -0.385. The van der Waals surface area contributed by atoms with E-state index in [-0.39, 0.29) is 11.3 Å². The molecule has 0 fully saturated rings. The smallest absolute Gasteiger partial charge is 0.273 e. The van der Waals surface area contributed by atoms with Crippen LogP contribution in [0.2, 0.25) is 0 Å². The average molecular weight is 287 g/mol. The number of carbonyl (C=O) groups is 1.